The Morgan fingerprint density at radius 1 is 1.80 bits per heavy atom. The number of hydrogen-bond donors (Lipinski definition) is 1. The lowest BCUT2D eigenvalue weighted by Crippen LogP contribution is -2.07. The van der Waals surface area contributed by atoms with E-state index in [2.05, 4.69) is 0 Å². The highest BCUT2D eigenvalue weighted by Gasteiger charge is 2.13. The molecular weight excluding hydrogens is 152 g/mol. The Morgan fingerprint density at radius 2 is 2.50 bits per heavy atom. The molecule has 1 unspecified atom stereocenters. The van der Waals surface area contributed by atoms with Crippen LogP contribution in [0.15, 0.2) is 23.5 Å². The molecule has 0 spiro atoms. The van der Waals surface area contributed by atoms with Crippen LogP contribution in [0.4, 0.5) is 0 Å². The second-order valence-electron chi connectivity index (χ2n) is 2.09. The fourth-order valence-electron chi connectivity index (χ4n) is 0.788. The van der Waals surface area contributed by atoms with Gasteiger partial charge in [0.05, 0.1) is 5.38 Å². The maximum atomic E-state index is 10.2. The first-order valence-corrected chi connectivity index (χ1v) is 3.37. The van der Waals surface area contributed by atoms with Crippen LogP contribution in [0.5, 0.6) is 0 Å². The van der Waals surface area contributed by atoms with Crippen molar-refractivity contribution in [3.63, 3.8) is 0 Å². The fourth-order valence-corrected chi connectivity index (χ4v) is 0.992. The topological polar surface area (TPSA) is 37.3 Å². The molecule has 54 valence electrons. The molecule has 0 radical (unpaired) electrons. The molecule has 10 heavy (non-hydrogen) atoms. The molecule has 0 heterocycles. The maximum absolute atomic E-state index is 10.2. The number of aliphatic hydroxyl groups is 1. The number of allylic oxidation sites excluding steroid dienone is 3. The quantitative estimate of drug-likeness (QED) is 0.465. The minimum absolute atomic E-state index is 0.124. The van der Waals surface area contributed by atoms with Crippen molar-refractivity contribution in [2.45, 2.75) is 11.8 Å². The highest BCUT2D eigenvalue weighted by molar-refractivity contribution is 6.24. The summed E-state index contributed by atoms with van der Waals surface area (Å²) in [7, 11) is 0. The first kappa shape index (κ1) is 7.35. The van der Waals surface area contributed by atoms with Crippen molar-refractivity contribution in [2.75, 3.05) is 0 Å². The van der Waals surface area contributed by atoms with Crippen LogP contribution >= 0.6 is 11.6 Å². The van der Waals surface area contributed by atoms with E-state index in [9.17, 15) is 4.79 Å². The smallest absolute Gasteiger partial charge is 0.147 e. The molecule has 2 nitrogen and oxygen atoms in total. The summed E-state index contributed by atoms with van der Waals surface area (Å²) in [4.78, 5) is 10.2. The number of halogens is 1. The molecule has 0 saturated heterocycles. The number of aldehydes is 1. The standard InChI is InChI=1S/C7H7ClO2/c8-7-2-1-6(10)3-5(7)4-9/h1,3-4,7,10H,2H2. The summed E-state index contributed by atoms with van der Waals surface area (Å²) < 4.78 is 0. The van der Waals surface area contributed by atoms with Crippen LogP contribution in [-0.2, 0) is 4.79 Å². The predicted octanol–water partition coefficient (Wildman–Crippen LogP) is 1.56. The largest absolute Gasteiger partial charge is 0.508 e. The number of carbonyl (C=O) groups excluding carboxylic acids is 1. The van der Waals surface area contributed by atoms with Crippen LogP contribution < -0.4 is 0 Å². The highest BCUT2D eigenvalue weighted by Crippen LogP contribution is 2.19. The Bertz CT molecular complexity index is 206. The number of carbonyl (C=O) groups is 1. The van der Waals surface area contributed by atoms with E-state index in [4.69, 9.17) is 16.7 Å². The first-order chi connectivity index (χ1) is 4.74. The monoisotopic (exact) mass is 158 g/mol. The van der Waals surface area contributed by atoms with Gasteiger partial charge < -0.3 is 5.11 Å². The Morgan fingerprint density at radius 3 is 3.00 bits per heavy atom. The van der Waals surface area contributed by atoms with Crippen LogP contribution in [0, 0.1) is 0 Å². The molecule has 3 heteroatoms. The van der Waals surface area contributed by atoms with Gasteiger partial charge in [-0.05, 0) is 18.6 Å². The Balaban J connectivity index is 2.83. The van der Waals surface area contributed by atoms with E-state index in [0.29, 0.717) is 18.3 Å². The summed E-state index contributed by atoms with van der Waals surface area (Å²) in [6.45, 7) is 0. The zero-order valence-electron chi connectivity index (χ0n) is 5.25. The fraction of sp³-hybridized carbons (Fsp3) is 0.286. The number of alkyl halides is 1. The SMILES string of the molecule is O=CC1=CC(O)=CCC1Cl. The Hall–Kier alpha value is -0.760. The van der Waals surface area contributed by atoms with E-state index in [1.54, 1.807) is 6.08 Å². The van der Waals surface area contributed by atoms with Gasteiger partial charge in [0.1, 0.15) is 12.0 Å². The summed E-state index contributed by atoms with van der Waals surface area (Å²) in [6.07, 6.45) is 4.16. The number of aliphatic hydroxyl groups excluding tert-OH is 1. The molecule has 0 amide bonds. The van der Waals surface area contributed by atoms with Crippen molar-refractivity contribution >= 4 is 17.9 Å². The van der Waals surface area contributed by atoms with E-state index in [1.807, 2.05) is 0 Å². The van der Waals surface area contributed by atoms with Crippen molar-refractivity contribution in [1.82, 2.24) is 0 Å². The van der Waals surface area contributed by atoms with E-state index < -0.39 is 0 Å². The van der Waals surface area contributed by atoms with Gasteiger partial charge in [-0.3, -0.25) is 4.79 Å². The maximum Gasteiger partial charge on any atom is 0.147 e. The summed E-state index contributed by atoms with van der Waals surface area (Å²) in [6, 6.07) is 0. The number of rotatable bonds is 1. The van der Waals surface area contributed by atoms with Gasteiger partial charge in [-0.15, -0.1) is 11.6 Å². The molecule has 0 aliphatic heterocycles. The third-order valence-electron chi connectivity index (χ3n) is 1.35. The van der Waals surface area contributed by atoms with E-state index in [1.165, 1.54) is 6.08 Å². The van der Waals surface area contributed by atoms with Crippen LogP contribution in [0.1, 0.15) is 6.42 Å². The summed E-state index contributed by atoms with van der Waals surface area (Å²) in [5.74, 6) is 0.124. The average molecular weight is 159 g/mol. The second kappa shape index (κ2) is 2.88. The molecule has 1 aliphatic rings. The lowest BCUT2D eigenvalue weighted by molar-refractivity contribution is -0.105. The minimum atomic E-state index is -0.270. The van der Waals surface area contributed by atoms with Crippen molar-refractivity contribution in [1.29, 1.82) is 0 Å². The van der Waals surface area contributed by atoms with Gasteiger partial charge in [-0.1, -0.05) is 0 Å². The van der Waals surface area contributed by atoms with Gasteiger partial charge in [0.2, 0.25) is 0 Å². The molecular formula is C7H7ClO2. The molecule has 1 aliphatic carbocycles. The molecule has 0 saturated carbocycles. The second-order valence-corrected chi connectivity index (χ2v) is 2.62. The van der Waals surface area contributed by atoms with Crippen molar-refractivity contribution in [3.8, 4) is 0 Å². The van der Waals surface area contributed by atoms with Crippen molar-refractivity contribution in [3.05, 3.63) is 23.5 Å². The highest BCUT2D eigenvalue weighted by atomic mass is 35.5. The predicted molar refractivity (Wildman–Crippen MR) is 39.1 cm³/mol. The number of hydrogen-bond acceptors (Lipinski definition) is 2. The first-order valence-electron chi connectivity index (χ1n) is 2.94. The molecule has 0 bridgehead atoms. The van der Waals surface area contributed by atoms with Gasteiger partial charge in [0.15, 0.2) is 0 Å². The van der Waals surface area contributed by atoms with Gasteiger partial charge in [-0.25, -0.2) is 0 Å². The van der Waals surface area contributed by atoms with Crippen LogP contribution in [0.3, 0.4) is 0 Å². The zero-order valence-corrected chi connectivity index (χ0v) is 6.01. The molecule has 0 fully saturated rings. The molecule has 1 rings (SSSR count). The van der Waals surface area contributed by atoms with Gasteiger partial charge in [0.25, 0.3) is 0 Å². The van der Waals surface area contributed by atoms with Crippen molar-refractivity contribution < 1.29 is 9.90 Å². The normalized spacial score (nSPS) is 25.1. The average Bonchev–Trinajstić information content (AvgIpc) is 1.94. The third-order valence-corrected chi connectivity index (χ3v) is 1.78. The summed E-state index contributed by atoms with van der Waals surface area (Å²) in [5.41, 5.74) is 0.446. The van der Waals surface area contributed by atoms with Crippen LogP contribution in [0.2, 0.25) is 0 Å². The van der Waals surface area contributed by atoms with E-state index in [-0.39, 0.29) is 11.1 Å². The lowest BCUT2D eigenvalue weighted by Gasteiger charge is -2.10. The van der Waals surface area contributed by atoms with Gasteiger partial charge in [0, 0.05) is 5.57 Å². The Kier molecular flexibility index (Phi) is 2.12. The van der Waals surface area contributed by atoms with E-state index in [0.717, 1.165) is 0 Å². The van der Waals surface area contributed by atoms with Crippen LogP contribution in [-0.4, -0.2) is 16.8 Å². The van der Waals surface area contributed by atoms with Crippen LogP contribution in [0.25, 0.3) is 0 Å². The van der Waals surface area contributed by atoms with Crippen molar-refractivity contribution in [2.24, 2.45) is 0 Å². The summed E-state index contributed by atoms with van der Waals surface area (Å²) in [5, 5.41) is 8.63. The molecule has 1 N–H and O–H groups in total. The minimum Gasteiger partial charge on any atom is -0.508 e. The Labute approximate surface area is 63.8 Å². The van der Waals surface area contributed by atoms with Gasteiger partial charge >= 0.3 is 0 Å². The molecule has 0 aromatic heterocycles. The molecule has 0 aromatic carbocycles. The third kappa shape index (κ3) is 1.39. The molecule has 1 atom stereocenters. The lowest BCUT2D eigenvalue weighted by atomic mass is 10.1. The zero-order chi connectivity index (χ0) is 7.56. The van der Waals surface area contributed by atoms with E-state index >= 15 is 0 Å². The summed E-state index contributed by atoms with van der Waals surface area (Å²) >= 11 is 5.69. The molecule has 0 aromatic rings. The van der Waals surface area contributed by atoms with Gasteiger partial charge in [-0.2, -0.15) is 0 Å².